The maximum atomic E-state index is 14.5. The summed E-state index contributed by atoms with van der Waals surface area (Å²) in [6, 6.07) is 8.13. The highest BCUT2D eigenvalue weighted by Gasteiger charge is 2.46. The van der Waals surface area contributed by atoms with Crippen LogP contribution in [0.1, 0.15) is 53.3 Å². The van der Waals surface area contributed by atoms with E-state index in [-0.39, 0.29) is 23.2 Å². The molecule has 3 heterocycles. The van der Waals surface area contributed by atoms with Crippen LogP contribution >= 0.6 is 34.5 Å². The first-order chi connectivity index (χ1) is 18.4. The molecular formula is C27H22Cl2FN3O4S. The van der Waals surface area contributed by atoms with E-state index in [1.807, 2.05) is 0 Å². The number of nitrogens with zero attached hydrogens (tertiary/aromatic N) is 3. The van der Waals surface area contributed by atoms with Gasteiger partial charge in [0.05, 0.1) is 33.0 Å². The molecule has 1 N–H and O–H groups in total. The number of fused-ring (bicyclic) bond motifs is 3. The summed E-state index contributed by atoms with van der Waals surface area (Å²) in [6.45, 7) is 1.12. The molecule has 3 atom stereocenters. The van der Waals surface area contributed by atoms with E-state index in [4.69, 9.17) is 32.5 Å². The normalized spacial score (nSPS) is 22.6. The number of rotatable bonds is 7. The Morgan fingerprint density at radius 3 is 2.71 bits per heavy atom. The molecule has 1 saturated heterocycles. The van der Waals surface area contributed by atoms with Gasteiger partial charge in [-0.3, -0.25) is 0 Å². The second-order valence-electron chi connectivity index (χ2n) is 10.2. The van der Waals surface area contributed by atoms with Crippen molar-refractivity contribution in [1.29, 1.82) is 0 Å². The van der Waals surface area contributed by atoms with Crippen molar-refractivity contribution >= 4 is 55.9 Å². The number of hydrogen-bond donors (Lipinski definition) is 1. The first-order valence-corrected chi connectivity index (χ1v) is 14.1. The summed E-state index contributed by atoms with van der Waals surface area (Å²) < 4.78 is 27.3. The minimum Gasteiger partial charge on any atom is -0.478 e. The number of anilines is 1. The predicted octanol–water partition coefficient (Wildman–Crippen LogP) is 7.16. The maximum Gasteiger partial charge on any atom is 0.335 e. The third-order valence-electron chi connectivity index (χ3n) is 7.81. The summed E-state index contributed by atoms with van der Waals surface area (Å²) in [5, 5.41) is 15.4. The molecule has 0 spiro atoms. The number of ether oxygens (including phenoxy) is 1. The van der Waals surface area contributed by atoms with E-state index in [1.165, 1.54) is 17.4 Å². The Bertz CT molecular complexity index is 1570. The lowest BCUT2D eigenvalue weighted by atomic mass is 10.0. The molecule has 0 unspecified atom stereocenters. The zero-order valence-corrected chi connectivity index (χ0v) is 22.3. The Labute approximate surface area is 231 Å². The molecule has 0 radical (unpaired) electrons. The van der Waals surface area contributed by atoms with Crippen molar-refractivity contribution in [3.05, 3.63) is 63.1 Å². The Balaban J connectivity index is 1.09. The van der Waals surface area contributed by atoms with Crippen LogP contribution in [-0.4, -0.2) is 39.9 Å². The van der Waals surface area contributed by atoms with Gasteiger partial charge in [0, 0.05) is 35.5 Å². The summed E-state index contributed by atoms with van der Waals surface area (Å²) in [4.78, 5) is 18.0. The van der Waals surface area contributed by atoms with Gasteiger partial charge in [0.25, 0.3) is 0 Å². The van der Waals surface area contributed by atoms with Gasteiger partial charge in [0.2, 0.25) is 0 Å². The molecule has 2 aromatic heterocycles. The van der Waals surface area contributed by atoms with E-state index in [0.29, 0.717) is 44.4 Å². The molecule has 38 heavy (non-hydrogen) atoms. The Morgan fingerprint density at radius 2 is 2.03 bits per heavy atom. The SMILES string of the molecule is O=C(O)c1cc(F)c2nc(N3C[C@H]4C[C@@H]3C[C@H]4OCc3c(-c4c(Cl)cccc4Cl)noc3C3CC3)sc2c1. The van der Waals surface area contributed by atoms with Crippen LogP contribution in [0.3, 0.4) is 0 Å². The van der Waals surface area contributed by atoms with Crippen molar-refractivity contribution in [1.82, 2.24) is 10.1 Å². The van der Waals surface area contributed by atoms with Gasteiger partial charge in [0.15, 0.2) is 10.9 Å². The largest absolute Gasteiger partial charge is 0.478 e. The van der Waals surface area contributed by atoms with E-state index in [1.54, 1.807) is 18.2 Å². The fourth-order valence-corrected chi connectivity index (χ4v) is 7.48. The molecule has 7 nitrogen and oxygen atoms in total. The van der Waals surface area contributed by atoms with Crippen LogP contribution in [0.25, 0.3) is 21.5 Å². The highest BCUT2D eigenvalue weighted by atomic mass is 35.5. The average molecular weight is 574 g/mol. The zero-order chi connectivity index (χ0) is 26.1. The fraction of sp³-hybridized carbons (Fsp3) is 0.370. The Hall–Kier alpha value is -2.72. The smallest absolute Gasteiger partial charge is 0.335 e. The van der Waals surface area contributed by atoms with Crippen LogP contribution in [0.4, 0.5) is 9.52 Å². The minimum absolute atomic E-state index is 0.0671. The van der Waals surface area contributed by atoms with Gasteiger partial charge in [-0.05, 0) is 49.9 Å². The number of thiazole rings is 1. The summed E-state index contributed by atoms with van der Waals surface area (Å²) >= 11 is 14.3. The molecule has 2 aliphatic carbocycles. The average Bonchev–Trinajstić information content (AvgIpc) is 3.22. The van der Waals surface area contributed by atoms with Crippen molar-refractivity contribution < 1.29 is 23.6 Å². The van der Waals surface area contributed by atoms with Gasteiger partial charge in [-0.15, -0.1) is 0 Å². The van der Waals surface area contributed by atoms with E-state index < -0.39 is 11.8 Å². The van der Waals surface area contributed by atoms with E-state index in [2.05, 4.69) is 15.0 Å². The standard InChI is InChI=1S/C27H22Cl2FN3O4S/c28-17-2-1-3-18(29)22(17)23-16(25(37-32-23)12-4-5-12)11-36-20-9-15-6-14(20)10-33(15)27-31-24-19(30)7-13(26(34)35)8-21(24)38-27/h1-3,7-8,12,14-15,20H,4-6,9-11H2,(H,34,35)/t14-,15-,20-/m1/s1. The first-order valence-electron chi connectivity index (χ1n) is 12.5. The molecule has 1 aliphatic heterocycles. The Kier molecular flexibility index (Phi) is 5.88. The van der Waals surface area contributed by atoms with Gasteiger partial charge in [-0.25, -0.2) is 14.2 Å². The highest BCUT2D eigenvalue weighted by molar-refractivity contribution is 7.22. The number of aromatic carboxylic acids is 1. The van der Waals surface area contributed by atoms with Gasteiger partial charge in [-0.2, -0.15) is 0 Å². The number of halogens is 3. The van der Waals surface area contributed by atoms with Crippen LogP contribution in [0.15, 0.2) is 34.9 Å². The first kappa shape index (κ1) is 24.3. The molecular weight excluding hydrogens is 552 g/mol. The molecule has 3 aliphatic rings. The molecule has 11 heteroatoms. The van der Waals surface area contributed by atoms with Gasteiger partial charge in [0.1, 0.15) is 17.0 Å². The van der Waals surface area contributed by atoms with Gasteiger partial charge >= 0.3 is 5.97 Å². The topological polar surface area (TPSA) is 88.7 Å². The van der Waals surface area contributed by atoms with Gasteiger partial charge < -0.3 is 19.3 Å². The summed E-state index contributed by atoms with van der Waals surface area (Å²) in [7, 11) is 0. The molecule has 2 saturated carbocycles. The summed E-state index contributed by atoms with van der Waals surface area (Å²) in [5.41, 5.74) is 2.37. The van der Waals surface area contributed by atoms with Gasteiger partial charge in [-0.1, -0.05) is 45.8 Å². The van der Waals surface area contributed by atoms with Crippen LogP contribution in [-0.2, 0) is 11.3 Å². The number of piperidine rings is 1. The van der Waals surface area contributed by atoms with Crippen LogP contribution in [0, 0.1) is 11.7 Å². The van der Waals surface area contributed by atoms with Crippen LogP contribution in [0.5, 0.6) is 0 Å². The number of hydrogen-bond acceptors (Lipinski definition) is 7. The second-order valence-corrected chi connectivity index (χ2v) is 12.1. The number of benzene rings is 2. The van der Waals surface area contributed by atoms with Crippen molar-refractivity contribution in [3.63, 3.8) is 0 Å². The molecule has 3 fully saturated rings. The predicted molar refractivity (Wildman–Crippen MR) is 143 cm³/mol. The van der Waals surface area contributed by atoms with E-state index in [0.717, 1.165) is 54.7 Å². The van der Waals surface area contributed by atoms with E-state index >= 15 is 0 Å². The Morgan fingerprint density at radius 1 is 1.24 bits per heavy atom. The maximum absolute atomic E-state index is 14.5. The molecule has 196 valence electrons. The molecule has 2 bridgehead atoms. The van der Waals surface area contributed by atoms with Crippen LogP contribution < -0.4 is 4.90 Å². The lowest BCUT2D eigenvalue weighted by molar-refractivity contribution is 0.0122. The number of carbonyl (C=O) groups is 1. The third kappa shape index (κ3) is 4.07. The zero-order valence-electron chi connectivity index (χ0n) is 20.0. The monoisotopic (exact) mass is 573 g/mol. The molecule has 2 aromatic carbocycles. The van der Waals surface area contributed by atoms with Crippen molar-refractivity contribution in [2.24, 2.45) is 5.92 Å². The van der Waals surface area contributed by atoms with Crippen molar-refractivity contribution in [2.75, 3.05) is 11.4 Å². The third-order valence-corrected chi connectivity index (χ3v) is 9.48. The number of carboxylic acids is 1. The van der Waals surface area contributed by atoms with Crippen LogP contribution in [0.2, 0.25) is 10.0 Å². The fourth-order valence-electron chi connectivity index (χ4n) is 5.81. The minimum atomic E-state index is -1.15. The molecule has 7 rings (SSSR count). The summed E-state index contributed by atoms with van der Waals surface area (Å²) in [6.07, 6.45) is 3.99. The van der Waals surface area contributed by atoms with E-state index in [9.17, 15) is 14.3 Å². The van der Waals surface area contributed by atoms with Crippen molar-refractivity contribution in [2.45, 2.75) is 50.4 Å². The summed E-state index contributed by atoms with van der Waals surface area (Å²) in [5.74, 6) is -0.241. The number of aromatic nitrogens is 2. The lowest BCUT2D eigenvalue weighted by Crippen LogP contribution is -2.38. The molecule has 0 amide bonds. The number of carboxylic acid groups (broad SMARTS) is 1. The highest BCUT2D eigenvalue weighted by Crippen LogP contribution is 2.48. The quantitative estimate of drug-likeness (QED) is 0.251. The van der Waals surface area contributed by atoms with Crippen molar-refractivity contribution in [3.8, 4) is 11.3 Å². The second kappa shape index (κ2) is 9.19. The molecule has 4 aromatic rings. The lowest BCUT2D eigenvalue weighted by Gasteiger charge is -2.31.